The third-order valence-corrected chi connectivity index (χ3v) is 9.78. The highest BCUT2D eigenvalue weighted by molar-refractivity contribution is 8.00. The molecule has 0 aliphatic carbocycles. The topological polar surface area (TPSA) is 39.8 Å². The van der Waals surface area contributed by atoms with Gasteiger partial charge in [0.15, 0.2) is 0 Å². The molecule has 6 heteroatoms. The van der Waals surface area contributed by atoms with Gasteiger partial charge in [0.25, 0.3) is 0 Å². The van der Waals surface area contributed by atoms with Gasteiger partial charge in [-0.05, 0) is 16.7 Å². The van der Waals surface area contributed by atoms with E-state index in [0.29, 0.717) is 5.25 Å². The van der Waals surface area contributed by atoms with Crippen LogP contribution in [0.1, 0.15) is 21.9 Å². The molecule has 0 spiro atoms. The van der Waals surface area contributed by atoms with E-state index in [-0.39, 0.29) is 4.87 Å². The van der Waals surface area contributed by atoms with Gasteiger partial charge in [0.05, 0.1) is 13.2 Å². The third-order valence-electron chi connectivity index (χ3n) is 7.92. The average Bonchev–Trinajstić information content (AvgIpc) is 2.99. The van der Waals surface area contributed by atoms with Gasteiger partial charge in [-0.25, -0.2) is 0 Å². The monoisotopic (exact) mass is 500 g/mol. The van der Waals surface area contributed by atoms with E-state index in [1.165, 1.54) is 16.7 Å². The molecule has 0 aromatic heterocycles. The number of piperazine rings is 1. The van der Waals surface area contributed by atoms with Crippen molar-refractivity contribution < 1.29 is 4.74 Å². The minimum Gasteiger partial charge on any atom is -0.379 e. The van der Waals surface area contributed by atoms with E-state index in [2.05, 4.69) is 123 Å². The van der Waals surface area contributed by atoms with E-state index in [1.54, 1.807) is 0 Å². The predicted molar refractivity (Wildman–Crippen MR) is 148 cm³/mol. The van der Waals surface area contributed by atoms with Gasteiger partial charge in [0.2, 0.25) is 0 Å². The lowest BCUT2D eigenvalue weighted by molar-refractivity contribution is -0.104. The summed E-state index contributed by atoms with van der Waals surface area (Å²) in [5.41, 5.74) is 3.66. The molecule has 36 heavy (non-hydrogen) atoms. The minimum absolute atomic E-state index is 0.333. The molecule has 5 nitrogen and oxygen atoms in total. The van der Waals surface area contributed by atoms with E-state index >= 15 is 0 Å². The van der Waals surface area contributed by atoms with E-state index in [1.807, 2.05) is 0 Å². The van der Waals surface area contributed by atoms with Crippen LogP contribution in [0.2, 0.25) is 0 Å². The molecule has 0 amide bonds. The van der Waals surface area contributed by atoms with Crippen molar-refractivity contribution in [2.24, 2.45) is 0 Å². The Labute approximate surface area is 219 Å². The van der Waals surface area contributed by atoms with Crippen molar-refractivity contribution in [2.45, 2.75) is 15.8 Å². The Kier molecular flexibility index (Phi) is 7.15. The molecule has 3 unspecified atom stereocenters. The molecule has 0 saturated carbocycles. The molecule has 3 aliphatic heterocycles. The summed E-state index contributed by atoms with van der Waals surface area (Å²) in [5, 5.41) is 8.18. The van der Waals surface area contributed by atoms with Gasteiger partial charge in [-0.15, -0.1) is 11.8 Å². The summed E-state index contributed by atoms with van der Waals surface area (Å²) in [6.45, 7) is 8.23. The molecule has 3 fully saturated rings. The van der Waals surface area contributed by atoms with Crippen LogP contribution in [-0.4, -0.2) is 68.8 Å². The van der Waals surface area contributed by atoms with Crippen LogP contribution in [-0.2, 0) is 15.3 Å². The number of hydrogen-bond donors (Lipinski definition) is 2. The van der Waals surface area contributed by atoms with Crippen LogP contribution in [0.3, 0.4) is 0 Å². The molecule has 3 atom stereocenters. The van der Waals surface area contributed by atoms with Crippen LogP contribution in [0, 0.1) is 0 Å². The smallest absolute Gasteiger partial charge is 0.131 e. The van der Waals surface area contributed by atoms with E-state index in [0.717, 1.165) is 59.0 Å². The van der Waals surface area contributed by atoms with Crippen LogP contribution in [0.5, 0.6) is 0 Å². The van der Waals surface area contributed by atoms with Gasteiger partial charge in [-0.1, -0.05) is 91.0 Å². The Balaban J connectivity index is 1.61. The van der Waals surface area contributed by atoms with Gasteiger partial charge in [-0.2, -0.15) is 0 Å². The summed E-state index contributed by atoms with van der Waals surface area (Å²) in [4.78, 5) is 5.09. The van der Waals surface area contributed by atoms with Crippen molar-refractivity contribution in [3.05, 3.63) is 108 Å². The Bertz CT molecular complexity index is 1110. The molecule has 188 valence electrons. The standard InChI is InChI=1S/C30H36N4OS/c1-4-10-25(11-5-1)28-24-32-29(26-12-6-2-7-13-26,33-20-22-35-23-21-33)30(36-28,27-14-8-3-9-15-27)34-18-16-31-17-19-34/h1-15,28,31-32H,16-24H2. The van der Waals surface area contributed by atoms with E-state index in [9.17, 15) is 0 Å². The highest BCUT2D eigenvalue weighted by Crippen LogP contribution is 2.61. The molecule has 3 aliphatic rings. The molecule has 3 aromatic carbocycles. The molecule has 3 aromatic rings. The summed E-state index contributed by atoms with van der Waals surface area (Å²) < 4.78 is 5.88. The first-order valence-corrected chi connectivity index (χ1v) is 14.1. The van der Waals surface area contributed by atoms with E-state index in [4.69, 9.17) is 4.74 Å². The molecular formula is C30H36N4OS. The number of nitrogens with zero attached hydrogens (tertiary/aromatic N) is 2. The summed E-state index contributed by atoms with van der Waals surface area (Å²) in [6, 6.07) is 33.5. The maximum Gasteiger partial charge on any atom is 0.131 e. The van der Waals surface area contributed by atoms with Crippen LogP contribution in [0.4, 0.5) is 0 Å². The second kappa shape index (κ2) is 10.7. The number of hydrogen-bond acceptors (Lipinski definition) is 6. The van der Waals surface area contributed by atoms with Crippen molar-refractivity contribution in [2.75, 3.05) is 59.0 Å². The first kappa shape index (κ1) is 24.2. The zero-order chi connectivity index (χ0) is 24.3. The summed E-state index contributed by atoms with van der Waals surface area (Å²) in [6.07, 6.45) is 0. The second-order valence-electron chi connectivity index (χ2n) is 9.82. The number of thioether (sulfide) groups is 1. The first-order valence-electron chi connectivity index (χ1n) is 13.2. The van der Waals surface area contributed by atoms with Crippen LogP contribution >= 0.6 is 11.8 Å². The average molecular weight is 501 g/mol. The predicted octanol–water partition coefficient (Wildman–Crippen LogP) is 4.01. The Morgan fingerprint density at radius 3 is 1.92 bits per heavy atom. The lowest BCUT2D eigenvalue weighted by Gasteiger charge is -2.64. The van der Waals surface area contributed by atoms with Gasteiger partial charge in [-0.3, -0.25) is 15.1 Å². The molecule has 0 radical (unpaired) electrons. The van der Waals surface area contributed by atoms with Crippen LogP contribution < -0.4 is 10.6 Å². The third kappa shape index (κ3) is 4.10. The maximum absolute atomic E-state index is 5.88. The molecule has 6 rings (SSSR count). The van der Waals surface area contributed by atoms with Crippen molar-refractivity contribution in [3.8, 4) is 0 Å². The van der Waals surface area contributed by atoms with Crippen LogP contribution in [0.15, 0.2) is 91.0 Å². The number of morpholine rings is 1. The Hall–Kier alpha value is -2.19. The summed E-state index contributed by atoms with van der Waals surface area (Å²) >= 11 is 2.14. The zero-order valence-corrected chi connectivity index (χ0v) is 21.6. The summed E-state index contributed by atoms with van der Waals surface area (Å²) in [7, 11) is 0. The fourth-order valence-corrected chi connectivity index (χ4v) is 8.30. The second-order valence-corrected chi connectivity index (χ2v) is 11.2. The highest BCUT2D eigenvalue weighted by atomic mass is 32.2. The lowest BCUT2D eigenvalue weighted by Crippen LogP contribution is -2.76. The first-order chi connectivity index (χ1) is 17.8. The quantitative estimate of drug-likeness (QED) is 0.552. The van der Waals surface area contributed by atoms with Crippen molar-refractivity contribution >= 4 is 11.8 Å². The number of ether oxygens (including phenoxy) is 1. The number of rotatable bonds is 5. The maximum atomic E-state index is 5.88. The zero-order valence-electron chi connectivity index (χ0n) is 20.8. The molecule has 2 N–H and O–H groups in total. The molecule has 0 bridgehead atoms. The Morgan fingerprint density at radius 1 is 0.694 bits per heavy atom. The highest BCUT2D eigenvalue weighted by Gasteiger charge is 2.63. The van der Waals surface area contributed by atoms with Gasteiger partial charge in [0.1, 0.15) is 10.5 Å². The number of benzene rings is 3. The van der Waals surface area contributed by atoms with Gasteiger partial charge >= 0.3 is 0 Å². The lowest BCUT2D eigenvalue weighted by atomic mass is 9.81. The molecule has 3 saturated heterocycles. The Morgan fingerprint density at radius 2 is 1.28 bits per heavy atom. The van der Waals surface area contributed by atoms with Crippen molar-refractivity contribution in [3.63, 3.8) is 0 Å². The number of nitrogens with one attached hydrogen (secondary N) is 2. The molecule has 3 heterocycles. The van der Waals surface area contributed by atoms with Gasteiger partial charge < -0.3 is 10.1 Å². The fourth-order valence-electron chi connectivity index (χ4n) is 6.34. The van der Waals surface area contributed by atoms with Gasteiger partial charge in [0, 0.05) is 51.1 Å². The van der Waals surface area contributed by atoms with Crippen LogP contribution in [0.25, 0.3) is 0 Å². The minimum atomic E-state index is -0.410. The SMILES string of the molecule is c1ccc(C2CNC(c3ccccc3)(N3CCOCC3)C(c3ccccc3)(N3CCNCC3)S2)cc1. The van der Waals surface area contributed by atoms with E-state index < -0.39 is 5.66 Å². The summed E-state index contributed by atoms with van der Waals surface area (Å²) in [5.74, 6) is 0. The molecular weight excluding hydrogens is 464 g/mol. The largest absolute Gasteiger partial charge is 0.379 e. The fraction of sp³-hybridized carbons (Fsp3) is 0.400. The van der Waals surface area contributed by atoms with Crippen molar-refractivity contribution in [1.82, 2.24) is 20.4 Å². The normalized spacial score (nSPS) is 30.2. The van der Waals surface area contributed by atoms with Crippen molar-refractivity contribution in [1.29, 1.82) is 0 Å².